The van der Waals surface area contributed by atoms with Crippen molar-refractivity contribution in [1.82, 2.24) is 5.32 Å². The monoisotopic (exact) mass is 223 g/mol. The summed E-state index contributed by atoms with van der Waals surface area (Å²) in [6, 6.07) is 3.40. The Balaban J connectivity index is 1.97. The lowest BCUT2D eigenvalue weighted by Crippen LogP contribution is -2.23. The van der Waals surface area contributed by atoms with Crippen LogP contribution in [0, 0.1) is 0 Å². The first-order valence-electron chi connectivity index (χ1n) is 6.16. The van der Waals surface area contributed by atoms with Crippen molar-refractivity contribution in [2.24, 2.45) is 0 Å². The number of hydrogen-bond donors (Lipinski definition) is 1. The van der Waals surface area contributed by atoms with Gasteiger partial charge in [0.2, 0.25) is 0 Å². The first-order valence-corrected chi connectivity index (χ1v) is 6.16. The number of unbranched alkanes of at least 4 members (excludes halogenated alkanes) is 5. The van der Waals surface area contributed by atoms with E-state index in [4.69, 9.17) is 4.42 Å². The molecule has 0 fully saturated rings. The Labute approximate surface area is 97.2 Å². The lowest BCUT2D eigenvalue weighted by molar-refractivity contribution is 0.0925. The van der Waals surface area contributed by atoms with Crippen LogP contribution in [0.1, 0.15) is 56.0 Å². The minimum Gasteiger partial charge on any atom is -0.459 e. The summed E-state index contributed by atoms with van der Waals surface area (Å²) >= 11 is 0. The summed E-state index contributed by atoms with van der Waals surface area (Å²) in [5.74, 6) is 0.282. The summed E-state index contributed by atoms with van der Waals surface area (Å²) in [6.07, 6.45) is 8.93. The molecule has 0 spiro atoms. The van der Waals surface area contributed by atoms with E-state index in [-0.39, 0.29) is 5.91 Å². The van der Waals surface area contributed by atoms with Crippen molar-refractivity contribution in [1.29, 1.82) is 0 Å². The number of hydrogen-bond acceptors (Lipinski definition) is 2. The number of carbonyl (C=O) groups excluding carboxylic acids is 1. The van der Waals surface area contributed by atoms with Crippen LogP contribution in [0.2, 0.25) is 0 Å². The van der Waals surface area contributed by atoms with Gasteiger partial charge in [-0.25, -0.2) is 0 Å². The summed E-state index contributed by atoms with van der Waals surface area (Å²) in [7, 11) is 0. The minimum atomic E-state index is -0.112. The molecule has 1 heterocycles. The van der Waals surface area contributed by atoms with Gasteiger partial charge in [-0.05, 0) is 18.6 Å². The van der Waals surface area contributed by atoms with Crippen molar-refractivity contribution in [2.45, 2.75) is 45.4 Å². The van der Waals surface area contributed by atoms with Crippen molar-refractivity contribution in [2.75, 3.05) is 6.54 Å². The first-order chi connectivity index (χ1) is 7.84. The van der Waals surface area contributed by atoms with Crippen LogP contribution in [0.3, 0.4) is 0 Å². The maximum atomic E-state index is 11.4. The number of nitrogens with one attached hydrogen (secondary N) is 1. The van der Waals surface area contributed by atoms with Crippen LogP contribution in [0.15, 0.2) is 22.8 Å². The van der Waals surface area contributed by atoms with Gasteiger partial charge in [-0.3, -0.25) is 4.79 Å². The highest BCUT2D eigenvalue weighted by Gasteiger charge is 2.06. The molecule has 1 aromatic heterocycles. The van der Waals surface area contributed by atoms with E-state index in [0.717, 1.165) is 13.0 Å². The zero-order valence-corrected chi connectivity index (χ0v) is 10.00. The summed E-state index contributed by atoms with van der Waals surface area (Å²) in [6.45, 7) is 2.95. The molecule has 0 saturated heterocycles. The maximum Gasteiger partial charge on any atom is 0.286 e. The van der Waals surface area contributed by atoms with E-state index in [1.54, 1.807) is 12.1 Å². The van der Waals surface area contributed by atoms with Crippen LogP contribution in [-0.4, -0.2) is 12.5 Å². The summed E-state index contributed by atoms with van der Waals surface area (Å²) in [5.41, 5.74) is 0. The van der Waals surface area contributed by atoms with Gasteiger partial charge in [0.15, 0.2) is 5.76 Å². The number of furan rings is 1. The van der Waals surface area contributed by atoms with Gasteiger partial charge in [-0.2, -0.15) is 0 Å². The van der Waals surface area contributed by atoms with E-state index < -0.39 is 0 Å². The van der Waals surface area contributed by atoms with Crippen molar-refractivity contribution < 1.29 is 9.21 Å². The van der Waals surface area contributed by atoms with Crippen LogP contribution in [-0.2, 0) is 0 Å². The van der Waals surface area contributed by atoms with Crippen molar-refractivity contribution in [3.05, 3.63) is 24.2 Å². The number of rotatable bonds is 8. The second kappa shape index (κ2) is 7.97. The van der Waals surface area contributed by atoms with E-state index in [0.29, 0.717) is 5.76 Å². The predicted molar refractivity (Wildman–Crippen MR) is 64.4 cm³/mol. The largest absolute Gasteiger partial charge is 0.459 e. The molecule has 1 amide bonds. The Morgan fingerprint density at radius 2 is 2.00 bits per heavy atom. The van der Waals surface area contributed by atoms with Gasteiger partial charge >= 0.3 is 0 Å². The third-order valence-electron chi connectivity index (χ3n) is 2.56. The lowest BCUT2D eigenvalue weighted by Gasteiger charge is -2.02. The van der Waals surface area contributed by atoms with Crippen molar-refractivity contribution >= 4 is 5.91 Å². The molecule has 0 saturated carbocycles. The number of carbonyl (C=O) groups is 1. The Hall–Kier alpha value is -1.25. The third-order valence-corrected chi connectivity index (χ3v) is 2.56. The highest BCUT2D eigenvalue weighted by molar-refractivity contribution is 5.91. The second-order valence-corrected chi connectivity index (χ2v) is 4.00. The molecule has 0 radical (unpaired) electrons. The van der Waals surface area contributed by atoms with Gasteiger partial charge in [0.1, 0.15) is 0 Å². The summed E-state index contributed by atoms with van der Waals surface area (Å²) in [5, 5.41) is 2.84. The standard InChI is InChI=1S/C13H21NO2/c1-2-3-4-5-6-7-10-14-13(15)12-9-8-11-16-12/h8-9,11H,2-7,10H2,1H3,(H,14,15). The first kappa shape index (κ1) is 12.8. The Kier molecular flexibility index (Phi) is 6.38. The third kappa shape index (κ3) is 5.01. The predicted octanol–water partition coefficient (Wildman–Crippen LogP) is 3.37. The molecule has 0 bridgehead atoms. The lowest BCUT2D eigenvalue weighted by atomic mass is 10.1. The van der Waals surface area contributed by atoms with E-state index in [1.807, 2.05) is 0 Å². The quantitative estimate of drug-likeness (QED) is 0.686. The zero-order valence-electron chi connectivity index (χ0n) is 10.00. The topological polar surface area (TPSA) is 42.2 Å². The minimum absolute atomic E-state index is 0.112. The van der Waals surface area contributed by atoms with Gasteiger partial charge in [0.05, 0.1) is 6.26 Å². The maximum absolute atomic E-state index is 11.4. The van der Waals surface area contributed by atoms with Crippen LogP contribution >= 0.6 is 0 Å². The zero-order chi connectivity index (χ0) is 11.6. The molecule has 3 nitrogen and oxygen atoms in total. The molecule has 0 atom stereocenters. The molecule has 0 aromatic carbocycles. The Bertz CT molecular complexity index is 280. The highest BCUT2D eigenvalue weighted by Crippen LogP contribution is 2.04. The molecule has 0 aliphatic heterocycles. The molecular formula is C13H21NO2. The summed E-state index contributed by atoms with van der Waals surface area (Å²) < 4.78 is 4.99. The fourth-order valence-electron chi connectivity index (χ4n) is 1.60. The van der Waals surface area contributed by atoms with Crippen molar-refractivity contribution in [3.8, 4) is 0 Å². The molecule has 0 aliphatic rings. The molecule has 0 aliphatic carbocycles. The molecule has 1 aromatic rings. The summed E-state index contributed by atoms with van der Waals surface area (Å²) in [4.78, 5) is 11.4. The molecule has 3 heteroatoms. The van der Waals surface area contributed by atoms with E-state index in [2.05, 4.69) is 12.2 Å². The van der Waals surface area contributed by atoms with Crippen LogP contribution in [0.5, 0.6) is 0 Å². The van der Waals surface area contributed by atoms with Crippen LogP contribution in [0.4, 0.5) is 0 Å². The molecule has 16 heavy (non-hydrogen) atoms. The Morgan fingerprint density at radius 1 is 1.25 bits per heavy atom. The van der Waals surface area contributed by atoms with E-state index >= 15 is 0 Å². The normalized spacial score (nSPS) is 10.3. The fourth-order valence-corrected chi connectivity index (χ4v) is 1.60. The Morgan fingerprint density at radius 3 is 2.69 bits per heavy atom. The highest BCUT2D eigenvalue weighted by atomic mass is 16.3. The van der Waals surface area contributed by atoms with E-state index in [1.165, 1.54) is 38.4 Å². The van der Waals surface area contributed by atoms with E-state index in [9.17, 15) is 4.79 Å². The van der Waals surface area contributed by atoms with Gasteiger partial charge in [0.25, 0.3) is 5.91 Å². The van der Waals surface area contributed by atoms with Gasteiger partial charge in [-0.15, -0.1) is 0 Å². The van der Waals surface area contributed by atoms with Gasteiger partial charge in [-0.1, -0.05) is 39.0 Å². The second-order valence-electron chi connectivity index (χ2n) is 4.00. The van der Waals surface area contributed by atoms with Gasteiger partial charge in [0, 0.05) is 6.54 Å². The average Bonchev–Trinajstić information content (AvgIpc) is 2.81. The van der Waals surface area contributed by atoms with Crippen LogP contribution in [0.25, 0.3) is 0 Å². The average molecular weight is 223 g/mol. The fraction of sp³-hybridized carbons (Fsp3) is 0.615. The van der Waals surface area contributed by atoms with Gasteiger partial charge < -0.3 is 9.73 Å². The molecular weight excluding hydrogens is 202 g/mol. The SMILES string of the molecule is CCCCCCCCNC(=O)c1ccco1. The smallest absolute Gasteiger partial charge is 0.286 e. The molecule has 90 valence electrons. The molecule has 0 unspecified atom stereocenters. The van der Waals surface area contributed by atoms with Crippen molar-refractivity contribution in [3.63, 3.8) is 0 Å². The van der Waals surface area contributed by atoms with Crippen LogP contribution < -0.4 is 5.32 Å². The molecule has 1 rings (SSSR count). The number of amides is 1. The molecule has 1 N–H and O–H groups in total.